The molecule has 3 aromatic rings. The molecule has 4 rings (SSSR count). The first-order valence-electron chi connectivity index (χ1n) is 9.88. The number of nitrogens with zero attached hydrogens (tertiary/aromatic N) is 1. The molecule has 3 aromatic carbocycles. The number of anilines is 1. The third-order valence-electron chi connectivity index (χ3n) is 5.52. The van der Waals surface area contributed by atoms with Gasteiger partial charge in [0.1, 0.15) is 0 Å². The van der Waals surface area contributed by atoms with Gasteiger partial charge in [-0.3, -0.25) is 4.31 Å². The molecule has 0 saturated heterocycles. The van der Waals surface area contributed by atoms with Crippen molar-refractivity contribution in [3.8, 4) is 0 Å². The Morgan fingerprint density at radius 1 is 0.966 bits per heavy atom. The van der Waals surface area contributed by atoms with Crippen LogP contribution in [-0.2, 0) is 16.4 Å². The largest absolute Gasteiger partial charge is 0.264 e. The van der Waals surface area contributed by atoms with Crippen molar-refractivity contribution in [1.82, 2.24) is 0 Å². The number of hydrogen-bond donors (Lipinski definition) is 0. The zero-order valence-electron chi connectivity index (χ0n) is 16.7. The summed E-state index contributed by atoms with van der Waals surface area (Å²) in [6.07, 6.45) is 3.55. The lowest BCUT2D eigenvalue weighted by Crippen LogP contribution is -2.37. The van der Waals surface area contributed by atoms with Crippen molar-refractivity contribution >= 4 is 21.3 Å². The zero-order chi connectivity index (χ0) is 20.4. The standard InChI is InChI=1S/C25H25NO2S/c1-19-12-16-24(17-13-19)29(27,28)26-23(18-22-10-6-7-11-25(22)26)15-14-20(2)21-8-4-3-5-9-21/h3-14,16-17,23H,15,18H2,1-2H3/b20-14+/t23-/m0/s1. The maximum Gasteiger partial charge on any atom is 0.264 e. The van der Waals surface area contributed by atoms with Gasteiger partial charge in [0, 0.05) is 0 Å². The van der Waals surface area contributed by atoms with Crippen molar-refractivity contribution in [3.63, 3.8) is 0 Å². The zero-order valence-corrected chi connectivity index (χ0v) is 17.6. The minimum absolute atomic E-state index is 0.127. The average Bonchev–Trinajstić information content (AvgIpc) is 3.12. The second-order valence-electron chi connectivity index (χ2n) is 7.59. The summed E-state index contributed by atoms with van der Waals surface area (Å²) >= 11 is 0. The van der Waals surface area contributed by atoms with Crippen LogP contribution in [-0.4, -0.2) is 14.5 Å². The van der Waals surface area contributed by atoms with Gasteiger partial charge in [0.05, 0.1) is 16.6 Å². The Balaban J connectivity index is 1.69. The van der Waals surface area contributed by atoms with Gasteiger partial charge >= 0.3 is 0 Å². The van der Waals surface area contributed by atoms with Crippen LogP contribution < -0.4 is 4.31 Å². The number of aryl methyl sites for hydroxylation is 1. The summed E-state index contributed by atoms with van der Waals surface area (Å²) in [5.41, 5.74) is 5.25. The van der Waals surface area contributed by atoms with Crippen LogP contribution in [0.15, 0.2) is 89.8 Å². The van der Waals surface area contributed by atoms with E-state index < -0.39 is 10.0 Å². The van der Waals surface area contributed by atoms with Gasteiger partial charge in [-0.1, -0.05) is 72.3 Å². The summed E-state index contributed by atoms with van der Waals surface area (Å²) < 4.78 is 28.7. The SMILES string of the molecule is C/C(=C\C[C@H]1Cc2ccccc2N1S(=O)(=O)c1ccc(C)cc1)c1ccccc1. The minimum atomic E-state index is -3.63. The number of rotatable bonds is 5. The normalized spacial score (nSPS) is 16.7. The van der Waals surface area contributed by atoms with Crippen molar-refractivity contribution in [1.29, 1.82) is 0 Å². The smallest absolute Gasteiger partial charge is 0.262 e. The topological polar surface area (TPSA) is 37.4 Å². The molecule has 0 radical (unpaired) electrons. The molecule has 0 unspecified atom stereocenters. The molecule has 148 valence electrons. The highest BCUT2D eigenvalue weighted by Crippen LogP contribution is 2.38. The van der Waals surface area contributed by atoms with Crippen molar-refractivity contribution < 1.29 is 8.42 Å². The quantitative estimate of drug-likeness (QED) is 0.555. The molecule has 0 N–H and O–H groups in total. The molecule has 4 heteroatoms. The molecule has 1 heterocycles. The summed E-state index contributed by atoms with van der Waals surface area (Å²) in [5, 5.41) is 0. The van der Waals surface area contributed by atoms with Crippen LogP contribution >= 0.6 is 0 Å². The minimum Gasteiger partial charge on any atom is -0.262 e. The molecule has 0 saturated carbocycles. The van der Waals surface area contributed by atoms with Crippen LogP contribution in [0.1, 0.15) is 30.0 Å². The monoisotopic (exact) mass is 403 g/mol. The summed E-state index contributed by atoms with van der Waals surface area (Å²) in [5.74, 6) is 0. The van der Waals surface area contributed by atoms with E-state index in [0.29, 0.717) is 11.3 Å². The summed E-state index contributed by atoms with van der Waals surface area (Å²) in [6, 6.07) is 25.0. The molecule has 0 aromatic heterocycles. The van der Waals surface area contributed by atoms with Crippen LogP contribution in [0.3, 0.4) is 0 Å². The van der Waals surface area contributed by atoms with E-state index in [1.165, 1.54) is 0 Å². The van der Waals surface area contributed by atoms with Gasteiger partial charge in [0.25, 0.3) is 10.0 Å². The maximum absolute atomic E-state index is 13.5. The molecule has 0 aliphatic carbocycles. The molecular weight excluding hydrogens is 378 g/mol. The lowest BCUT2D eigenvalue weighted by atomic mass is 10.0. The van der Waals surface area contributed by atoms with E-state index >= 15 is 0 Å². The van der Waals surface area contributed by atoms with Crippen molar-refractivity contribution in [2.75, 3.05) is 4.31 Å². The van der Waals surface area contributed by atoms with Gasteiger partial charge in [0.15, 0.2) is 0 Å². The van der Waals surface area contributed by atoms with Gasteiger partial charge in [-0.2, -0.15) is 0 Å². The molecule has 1 atom stereocenters. The van der Waals surface area contributed by atoms with Crippen LogP contribution in [0, 0.1) is 6.92 Å². The highest BCUT2D eigenvalue weighted by Gasteiger charge is 2.37. The number of hydrogen-bond acceptors (Lipinski definition) is 2. The van der Waals surface area contributed by atoms with Gasteiger partial charge in [-0.15, -0.1) is 0 Å². The highest BCUT2D eigenvalue weighted by atomic mass is 32.2. The third kappa shape index (κ3) is 3.85. The molecule has 0 amide bonds. The van der Waals surface area contributed by atoms with Crippen LogP contribution in [0.25, 0.3) is 5.57 Å². The second kappa shape index (κ2) is 7.88. The molecule has 1 aliphatic rings. The lowest BCUT2D eigenvalue weighted by molar-refractivity contribution is 0.579. The Kier molecular flexibility index (Phi) is 5.29. The molecule has 1 aliphatic heterocycles. The van der Waals surface area contributed by atoms with E-state index in [0.717, 1.165) is 34.4 Å². The fourth-order valence-electron chi connectivity index (χ4n) is 3.89. The van der Waals surface area contributed by atoms with Crippen LogP contribution in [0.5, 0.6) is 0 Å². The summed E-state index contributed by atoms with van der Waals surface area (Å²) in [4.78, 5) is 0.341. The lowest BCUT2D eigenvalue weighted by Gasteiger charge is -2.26. The van der Waals surface area contributed by atoms with Gasteiger partial charge in [-0.05, 0) is 61.6 Å². The predicted octanol–water partition coefficient (Wildman–Crippen LogP) is 5.61. The predicted molar refractivity (Wildman–Crippen MR) is 119 cm³/mol. The molecule has 0 fully saturated rings. The first-order valence-corrected chi connectivity index (χ1v) is 11.3. The molecule has 3 nitrogen and oxygen atoms in total. The van der Waals surface area contributed by atoms with E-state index in [9.17, 15) is 8.42 Å². The Morgan fingerprint density at radius 2 is 1.62 bits per heavy atom. The fourth-order valence-corrected chi connectivity index (χ4v) is 5.59. The molecule has 29 heavy (non-hydrogen) atoms. The number of fused-ring (bicyclic) bond motifs is 1. The Labute approximate surface area is 173 Å². The van der Waals surface area contributed by atoms with Crippen molar-refractivity contribution in [2.24, 2.45) is 0 Å². The van der Waals surface area contributed by atoms with Crippen molar-refractivity contribution in [3.05, 3.63) is 102 Å². The van der Waals surface area contributed by atoms with Crippen LogP contribution in [0.2, 0.25) is 0 Å². The Hall–Kier alpha value is -2.85. The maximum atomic E-state index is 13.5. The fraction of sp³-hybridized carbons (Fsp3) is 0.200. The molecular formula is C25H25NO2S. The van der Waals surface area contributed by atoms with Gasteiger partial charge < -0.3 is 0 Å². The first-order chi connectivity index (χ1) is 14.0. The van der Waals surface area contributed by atoms with Crippen LogP contribution in [0.4, 0.5) is 5.69 Å². The number of benzene rings is 3. The van der Waals surface area contributed by atoms with Gasteiger partial charge in [0.2, 0.25) is 0 Å². The van der Waals surface area contributed by atoms with E-state index in [1.807, 2.05) is 61.5 Å². The average molecular weight is 404 g/mol. The number of para-hydroxylation sites is 1. The second-order valence-corrected chi connectivity index (χ2v) is 9.40. The van der Waals surface area contributed by atoms with E-state index in [4.69, 9.17) is 0 Å². The van der Waals surface area contributed by atoms with E-state index in [1.54, 1.807) is 16.4 Å². The Morgan fingerprint density at radius 3 is 2.34 bits per heavy atom. The summed E-state index contributed by atoms with van der Waals surface area (Å²) in [6.45, 7) is 4.04. The molecule has 0 bridgehead atoms. The highest BCUT2D eigenvalue weighted by molar-refractivity contribution is 7.92. The van der Waals surface area contributed by atoms with Gasteiger partial charge in [-0.25, -0.2) is 8.42 Å². The van der Waals surface area contributed by atoms with Crippen molar-refractivity contribution in [2.45, 2.75) is 37.6 Å². The summed E-state index contributed by atoms with van der Waals surface area (Å²) in [7, 11) is -3.63. The van der Waals surface area contributed by atoms with E-state index in [-0.39, 0.29) is 6.04 Å². The molecule has 0 spiro atoms. The Bertz CT molecular complexity index is 1130. The first kappa shape index (κ1) is 19.5. The number of allylic oxidation sites excluding steroid dienone is 1. The van der Waals surface area contributed by atoms with E-state index in [2.05, 4.69) is 25.1 Å². The number of sulfonamides is 1. The third-order valence-corrected chi connectivity index (χ3v) is 7.40.